The van der Waals surface area contributed by atoms with Crippen molar-refractivity contribution >= 4 is 17.5 Å². The SMILES string of the molecule is COc1ccc(CCNC(=O)CC(=O)Nc2ccc(OC(C)C)cc2)cc1. The molecule has 0 bridgehead atoms. The van der Waals surface area contributed by atoms with Crippen LogP contribution in [0.3, 0.4) is 0 Å². The van der Waals surface area contributed by atoms with Gasteiger partial charge < -0.3 is 20.1 Å². The van der Waals surface area contributed by atoms with Crippen LogP contribution >= 0.6 is 0 Å². The van der Waals surface area contributed by atoms with Gasteiger partial charge in [0.25, 0.3) is 0 Å². The summed E-state index contributed by atoms with van der Waals surface area (Å²) in [6.45, 7) is 4.37. The molecule has 0 saturated carbocycles. The molecule has 0 spiro atoms. The number of benzene rings is 2. The van der Waals surface area contributed by atoms with E-state index in [0.29, 0.717) is 18.7 Å². The Morgan fingerprint density at radius 2 is 1.56 bits per heavy atom. The van der Waals surface area contributed by atoms with E-state index >= 15 is 0 Å². The molecule has 0 aliphatic rings. The molecule has 2 aromatic carbocycles. The van der Waals surface area contributed by atoms with Crippen LogP contribution < -0.4 is 20.1 Å². The average molecular weight is 370 g/mol. The van der Waals surface area contributed by atoms with Crippen molar-refractivity contribution in [3.05, 3.63) is 54.1 Å². The molecular formula is C21H26N2O4. The maximum atomic E-state index is 12.0. The second-order valence-electron chi connectivity index (χ2n) is 6.36. The maximum Gasteiger partial charge on any atom is 0.233 e. The molecule has 2 aromatic rings. The lowest BCUT2D eigenvalue weighted by Gasteiger charge is -2.11. The Morgan fingerprint density at radius 1 is 0.926 bits per heavy atom. The molecule has 27 heavy (non-hydrogen) atoms. The Bertz CT molecular complexity index is 740. The van der Waals surface area contributed by atoms with Crippen LogP contribution in [-0.4, -0.2) is 31.6 Å². The third kappa shape index (κ3) is 7.40. The first-order chi connectivity index (χ1) is 13.0. The molecule has 2 rings (SSSR count). The zero-order chi connectivity index (χ0) is 19.6. The Morgan fingerprint density at radius 3 is 2.15 bits per heavy atom. The largest absolute Gasteiger partial charge is 0.497 e. The number of anilines is 1. The van der Waals surface area contributed by atoms with Crippen LogP contribution in [0.5, 0.6) is 11.5 Å². The zero-order valence-corrected chi connectivity index (χ0v) is 16.0. The van der Waals surface area contributed by atoms with Crippen molar-refractivity contribution in [2.75, 3.05) is 19.0 Å². The first kappa shape index (κ1) is 20.3. The van der Waals surface area contributed by atoms with E-state index in [-0.39, 0.29) is 24.3 Å². The minimum absolute atomic E-state index is 0.0899. The van der Waals surface area contributed by atoms with Crippen LogP contribution in [0.25, 0.3) is 0 Å². The van der Waals surface area contributed by atoms with E-state index in [0.717, 1.165) is 17.1 Å². The highest BCUT2D eigenvalue weighted by Gasteiger charge is 2.09. The van der Waals surface area contributed by atoms with E-state index < -0.39 is 0 Å². The molecule has 0 heterocycles. The van der Waals surface area contributed by atoms with Crippen molar-refractivity contribution in [3.63, 3.8) is 0 Å². The normalized spacial score (nSPS) is 10.4. The molecular weight excluding hydrogens is 344 g/mol. The maximum absolute atomic E-state index is 12.0. The number of nitrogens with one attached hydrogen (secondary N) is 2. The molecule has 0 aromatic heterocycles. The number of hydrogen-bond donors (Lipinski definition) is 2. The fraction of sp³-hybridized carbons (Fsp3) is 0.333. The summed E-state index contributed by atoms with van der Waals surface area (Å²) >= 11 is 0. The predicted molar refractivity (Wildman–Crippen MR) is 105 cm³/mol. The number of carbonyl (C=O) groups excluding carboxylic acids is 2. The summed E-state index contributed by atoms with van der Waals surface area (Å²) in [5, 5.41) is 5.46. The summed E-state index contributed by atoms with van der Waals surface area (Å²) in [4.78, 5) is 23.9. The summed E-state index contributed by atoms with van der Waals surface area (Å²) in [5.41, 5.74) is 1.71. The molecule has 6 heteroatoms. The van der Waals surface area contributed by atoms with Crippen LogP contribution in [0.2, 0.25) is 0 Å². The molecule has 0 saturated heterocycles. The smallest absolute Gasteiger partial charge is 0.233 e. The third-order valence-corrected chi connectivity index (χ3v) is 3.73. The van der Waals surface area contributed by atoms with Crippen molar-refractivity contribution in [3.8, 4) is 11.5 Å². The Kier molecular flexibility index (Phi) is 7.67. The molecule has 144 valence electrons. The molecule has 6 nitrogen and oxygen atoms in total. The molecule has 0 aliphatic heterocycles. The first-order valence-corrected chi connectivity index (χ1v) is 8.92. The lowest BCUT2D eigenvalue weighted by atomic mass is 10.1. The van der Waals surface area contributed by atoms with Crippen LogP contribution in [0.15, 0.2) is 48.5 Å². The number of methoxy groups -OCH3 is 1. The zero-order valence-electron chi connectivity index (χ0n) is 16.0. The molecule has 0 atom stereocenters. The Labute approximate surface area is 159 Å². The second-order valence-corrected chi connectivity index (χ2v) is 6.36. The minimum Gasteiger partial charge on any atom is -0.497 e. The summed E-state index contributed by atoms with van der Waals surface area (Å²) in [6, 6.07) is 14.7. The minimum atomic E-state index is -0.352. The molecule has 2 N–H and O–H groups in total. The monoisotopic (exact) mass is 370 g/mol. The van der Waals surface area contributed by atoms with E-state index in [9.17, 15) is 9.59 Å². The third-order valence-electron chi connectivity index (χ3n) is 3.73. The number of ether oxygens (including phenoxy) is 2. The highest BCUT2D eigenvalue weighted by atomic mass is 16.5. The highest BCUT2D eigenvalue weighted by Crippen LogP contribution is 2.17. The summed E-state index contributed by atoms with van der Waals surface area (Å²) in [7, 11) is 1.62. The highest BCUT2D eigenvalue weighted by molar-refractivity contribution is 6.03. The van der Waals surface area contributed by atoms with Gasteiger partial charge in [-0.2, -0.15) is 0 Å². The quantitative estimate of drug-likeness (QED) is 0.665. The van der Waals surface area contributed by atoms with Gasteiger partial charge in [0.15, 0.2) is 0 Å². The molecule has 0 radical (unpaired) electrons. The average Bonchev–Trinajstić information content (AvgIpc) is 2.63. The van der Waals surface area contributed by atoms with Crippen molar-refractivity contribution < 1.29 is 19.1 Å². The fourth-order valence-electron chi connectivity index (χ4n) is 2.44. The van der Waals surface area contributed by atoms with E-state index in [2.05, 4.69) is 10.6 Å². The summed E-state index contributed by atoms with van der Waals surface area (Å²) in [6.07, 6.45) is 0.564. The summed E-state index contributed by atoms with van der Waals surface area (Å²) < 4.78 is 10.7. The molecule has 0 aliphatic carbocycles. The predicted octanol–water partition coefficient (Wildman–Crippen LogP) is 3.17. The van der Waals surface area contributed by atoms with Gasteiger partial charge in [0, 0.05) is 12.2 Å². The summed E-state index contributed by atoms with van der Waals surface area (Å²) in [5.74, 6) is 0.873. The lowest BCUT2D eigenvalue weighted by Crippen LogP contribution is -2.29. The molecule has 2 amide bonds. The van der Waals surface area contributed by atoms with Crippen LogP contribution in [0.1, 0.15) is 25.8 Å². The molecule has 0 unspecified atom stereocenters. The van der Waals surface area contributed by atoms with E-state index in [1.165, 1.54) is 0 Å². The van der Waals surface area contributed by atoms with E-state index in [1.807, 2.05) is 38.1 Å². The topological polar surface area (TPSA) is 76.7 Å². The lowest BCUT2D eigenvalue weighted by molar-refractivity contribution is -0.126. The number of hydrogen-bond acceptors (Lipinski definition) is 4. The van der Waals surface area contributed by atoms with Crippen molar-refractivity contribution in [1.82, 2.24) is 5.32 Å². The van der Waals surface area contributed by atoms with Gasteiger partial charge in [0.2, 0.25) is 11.8 Å². The second kappa shape index (κ2) is 10.2. The van der Waals surface area contributed by atoms with Crippen LogP contribution in [-0.2, 0) is 16.0 Å². The van der Waals surface area contributed by atoms with Crippen molar-refractivity contribution in [2.24, 2.45) is 0 Å². The van der Waals surface area contributed by atoms with Gasteiger partial charge >= 0.3 is 0 Å². The van der Waals surface area contributed by atoms with Gasteiger partial charge in [-0.05, 0) is 62.2 Å². The van der Waals surface area contributed by atoms with E-state index in [4.69, 9.17) is 9.47 Å². The van der Waals surface area contributed by atoms with Crippen LogP contribution in [0, 0.1) is 0 Å². The van der Waals surface area contributed by atoms with E-state index in [1.54, 1.807) is 31.4 Å². The van der Waals surface area contributed by atoms with Gasteiger partial charge in [-0.3, -0.25) is 9.59 Å². The number of amides is 2. The van der Waals surface area contributed by atoms with Crippen molar-refractivity contribution in [2.45, 2.75) is 32.8 Å². The fourth-order valence-corrected chi connectivity index (χ4v) is 2.44. The molecule has 0 fully saturated rings. The van der Waals surface area contributed by atoms with Gasteiger partial charge in [-0.15, -0.1) is 0 Å². The van der Waals surface area contributed by atoms with Gasteiger partial charge in [0.05, 0.1) is 13.2 Å². The number of rotatable bonds is 9. The first-order valence-electron chi connectivity index (χ1n) is 8.92. The van der Waals surface area contributed by atoms with Crippen molar-refractivity contribution in [1.29, 1.82) is 0 Å². The van der Waals surface area contributed by atoms with Gasteiger partial charge in [-0.1, -0.05) is 12.1 Å². The standard InChI is InChI=1S/C21H26N2O4/c1-15(2)27-19-10-6-17(7-11-19)23-21(25)14-20(24)22-13-12-16-4-8-18(26-3)9-5-16/h4-11,15H,12-14H2,1-3H3,(H,22,24)(H,23,25). The van der Waals surface area contributed by atoms with Gasteiger partial charge in [-0.25, -0.2) is 0 Å². The number of carbonyl (C=O) groups is 2. The van der Waals surface area contributed by atoms with Gasteiger partial charge in [0.1, 0.15) is 17.9 Å². The Hall–Kier alpha value is -3.02. The Balaban J connectivity index is 1.70. The van der Waals surface area contributed by atoms with Crippen LogP contribution in [0.4, 0.5) is 5.69 Å².